The molecule has 1 aromatic carbocycles. The van der Waals surface area contributed by atoms with Gasteiger partial charge < -0.3 is 9.88 Å². The van der Waals surface area contributed by atoms with Crippen molar-refractivity contribution in [2.75, 3.05) is 6.54 Å². The Morgan fingerprint density at radius 3 is 2.64 bits per heavy atom. The van der Waals surface area contributed by atoms with Gasteiger partial charge in [-0.2, -0.15) is 5.26 Å². The van der Waals surface area contributed by atoms with E-state index in [9.17, 15) is 10.1 Å². The van der Waals surface area contributed by atoms with E-state index in [2.05, 4.69) is 17.5 Å². The van der Waals surface area contributed by atoms with Crippen molar-refractivity contribution in [1.82, 2.24) is 9.88 Å². The SMILES string of the molecule is Cc1ccc(-n2ccc(C#N)c2C(=O)NCC(C)C)c(C)c1. The summed E-state index contributed by atoms with van der Waals surface area (Å²) in [6, 6.07) is 9.84. The molecular formula is C18H21N3O. The molecule has 1 amide bonds. The smallest absolute Gasteiger partial charge is 0.269 e. The maximum absolute atomic E-state index is 12.5. The van der Waals surface area contributed by atoms with Gasteiger partial charge in [-0.3, -0.25) is 4.79 Å². The monoisotopic (exact) mass is 295 g/mol. The fourth-order valence-corrected chi connectivity index (χ4v) is 2.41. The van der Waals surface area contributed by atoms with Crippen LogP contribution < -0.4 is 5.32 Å². The lowest BCUT2D eigenvalue weighted by molar-refractivity contribution is 0.0942. The maximum Gasteiger partial charge on any atom is 0.269 e. The van der Waals surface area contributed by atoms with Gasteiger partial charge in [0.25, 0.3) is 5.91 Å². The highest BCUT2D eigenvalue weighted by atomic mass is 16.1. The van der Waals surface area contributed by atoms with Crippen molar-refractivity contribution in [2.24, 2.45) is 5.92 Å². The summed E-state index contributed by atoms with van der Waals surface area (Å²) in [5, 5.41) is 12.2. The summed E-state index contributed by atoms with van der Waals surface area (Å²) in [7, 11) is 0. The molecule has 0 radical (unpaired) electrons. The van der Waals surface area contributed by atoms with E-state index >= 15 is 0 Å². The molecule has 0 unspecified atom stereocenters. The van der Waals surface area contributed by atoms with Crippen LogP contribution in [0.4, 0.5) is 0 Å². The molecule has 0 aliphatic carbocycles. The number of aryl methyl sites for hydroxylation is 2. The van der Waals surface area contributed by atoms with Crippen LogP contribution in [-0.2, 0) is 0 Å². The Balaban J connectivity index is 2.47. The first kappa shape index (κ1) is 15.8. The third-order valence-electron chi connectivity index (χ3n) is 3.50. The van der Waals surface area contributed by atoms with Gasteiger partial charge in [-0.25, -0.2) is 0 Å². The summed E-state index contributed by atoms with van der Waals surface area (Å²) < 4.78 is 1.79. The molecule has 0 atom stereocenters. The van der Waals surface area contributed by atoms with Gasteiger partial charge in [-0.15, -0.1) is 0 Å². The molecule has 0 saturated carbocycles. The van der Waals surface area contributed by atoms with Gasteiger partial charge in [0.2, 0.25) is 0 Å². The molecule has 114 valence electrons. The lowest BCUT2D eigenvalue weighted by Gasteiger charge is -2.14. The molecule has 0 aliphatic rings. The van der Waals surface area contributed by atoms with Crippen molar-refractivity contribution in [1.29, 1.82) is 5.26 Å². The van der Waals surface area contributed by atoms with E-state index in [0.29, 0.717) is 23.7 Å². The summed E-state index contributed by atoms with van der Waals surface area (Å²) in [6.45, 7) is 8.69. The second-order valence-electron chi connectivity index (χ2n) is 5.95. The molecule has 1 aromatic heterocycles. The Morgan fingerprint density at radius 1 is 1.32 bits per heavy atom. The van der Waals surface area contributed by atoms with Crippen molar-refractivity contribution in [3.05, 3.63) is 52.8 Å². The van der Waals surface area contributed by atoms with Gasteiger partial charge in [0.15, 0.2) is 0 Å². The van der Waals surface area contributed by atoms with Crippen LogP contribution in [0, 0.1) is 31.1 Å². The molecule has 0 fully saturated rings. The zero-order valence-corrected chi connectivity index (χ0v) is 13.5. The number of aromatic nitrogens is 1. The summed E-state index contributed by atoms with van der Waals surface area (Å²) in [5.41, 5.74) is 3.94. The number of hydrogen-bond acceptors (Lipinski definition) is 2. The molecule has 0 spiro atoms. The van der Waals surface area contributed by atoms with E-state index in [-0.39, 0.29) is 5.91 Å². The summed E-state index contributed by atoms with van der Waals surface area (Å²) in [4.78, 5) is 12.5. The third kappa shape index (κ3) is 3.20. The van der Waals surface area contributed by atoms with Crippen LogP contribution in [0.5, 0.6) is 0 Å². The minimum Gasteiger partial charge on any atom is -0.350 e. The Kier molecular flexibility index (Phi) is 4.67. The van der Waals surface area contributed by atoms with Crippen molar-refractivity contribution in [3.8, 4) is 11.8 Å². The minimum atomic E-state index is -0.213. The van der Waals surface area contributed by atoms with Crippen molar-refractivity contribution < 1.29 is 4.79 Å². The Bertz CT molecular complexity index is 735. The maximum atomic E-state index is 12.5. The van der Waals surface area contributed by atoms with Crippen molar-refractivity contribution in [2.45, 2.75) is 27.7 Å². The van der Waals surface area contributed by atoms with Crippen LogP contribution in [0.15, 0.2) is 30.5 Å². The number of hydrogen-bond donors (Lipinski definition) is 1. The van der Waals surface area contributed by atoms with Gasteiger partial charge in [0.1, 0.15) is 11.8 Å². The number of rotatable bonds is 4. The number of benzene rings is 1. The van der Waals surface area contributed by atoms with Crippen molar-refractivity contribution >= 4 is 5.91 Å². The number of nitrogens with zero attached hydrogens (tertiary/aromatic N) is 2. The molecule has 22 heavy (non-hydrogen) atoms. The molecule has 1 N–H and O–H groups in total. The molecule has 1 heterocycles. The Morgan fingerprint density at radius 2 is 2.05 bits per heavy atom. The first-order valence-electron chi connectivity index (χ1n) is 7.41. The van der Waals surface area contributed by atoms with E-state index in [4.69, 9.17) is 0 Å². The largest absolute Gasteiger partial charge is 0.350 e. The van der Waals surface area contributed by atoms with E-state index in [1.165, 1.54) is 5.56 Å². The van der Waals surface area contributed by atoms with Gasteiger partial charge in [0.05, 0.1) is 5.56 Å². The zero-order valence-electron chi connectivity index (χ0n) is 13.5. The van der Waals surface area contributed by atoms with Crippen LogP contribution in [0.25, 0.3) is 5.69 Å². The first-order chi connectivity index (χ1) is 10.4. The summed E-state index contributed by atoms with van der Waals surface area (Å²) in [5.74, 6) is 0.147. The highest BCUT2D eigenvalue weighted by molar-refractivity contribution is 5.96. The fourth-order valence-electron chi connectivity index (χ4n) is 2.41. The lowest BCUT2D eigenvalue weighted by Crippen LogP contribution is -2.29. The van der Waals surface area contributed by atoms with Gasteiger partial charge >= 0.3 is 0 Å². The van der Waals surface area contributed by atoms with E-state index in [0.717, 1.165) is 11.3 Å². The highest BCUT2D eigenvalue weighted by Crippen LogP contribution is 2.21. The molecule has 0 saturated heterocycles. The van der Waals surface area contributed by atoms with Gasteiger partial charge in [-0.05, 0) is 37.5 Å². The Labute approximate surface area is 131 Å². The normalized spacial score (nSPS) is 10.5. The third-order valence-corrected chi connectivity index (χ3v) is 3.50. The minimum absolute atomic E-state index is 0.213. The molecule has 0 aliphatic heterocycles. The average Bonchev–Trinajstić information content (AvgIpc) is 2.88. The lowest BCUT2D eigenvalue weighted by atomic mass is 10.1. The van der Waals surface area contributed by atoms with Gasteiger partial charge in [0, 0.05) is 18.4 Å². The molecule has 4 heteroatoms. The van der Waals surface area contributed by atoms with E-state index < -0.39 is 0 Å². The van der Waals surface area contributed by atoms with Crippen LogP contribution in [0.2, 0.25) is 0 Å². The molecule has 2 aromatic rings. The van der Waals surface area contributed by atoms with E-state index in [1.54, 1.807) is 16.8 Å². The number of carbonyl (C=O) groups is 1. The average molecular weight is 295 g/mol. The number of nitriles is 1. The van der Waals surface area contributed by atoms with Crippen LogP contribution in [-0.4, -0.2) is 17.0 Å². The predicted octanol–water partition coefficient (Wildman–Crippen LogP) is 3.35. The van der Waals surface area contributed by atoms with Gasteiger partial charge in [-0.1, -0.05) is 31.5 Å². The zero-order chi connectivity index (χ0) is 16.3. The quantitative estimate of drug-likeness (QED) is 0.940. The second-order valence-corrected chi connectivity index (χ2v) is 5.95. The number of amides is 1. The predicted molar refractivity (Wildman–Crippen MR) is 87.1 cm³/mol. The Hall–Kier alpha value is -2.54. The number of carbonyl (C=O) groups excluding carboxylic acids is 1. The first-order valence-corrected chi connectivity index (χ1v) is 7.41. The van der Waals surface area contributed by atoms with Crippen LogP contribution in [0.3, 0.4) is 0 Å². The molecular weight excluding hydrogens is 274 g/mol. The summed E-state index contributed by atoms with van der Waals surface area (Å²) in [6.07, 6.45) is 1.78. The molecule has 4 nitrogen and oxygen atoms in total. The standard InChI is InChI=1S/C18H21N3O/c1-12(2)11-20-18(22)17-15(10-19)7-8-21(17)16-6-5-13(3)9-14(16)4/h5-9,12H,11H2,1-4H3,(H,20,22). The number of nitrogens with one attached hydrogen (secondary N) is 1. The molecule has 2 rings (SSSR count). The van der Waals surface area contributed by atoms with Crippen LogP contribution >= 0.6 is 0 Å². The van der Waals surface area contributed by atoms with E-state index in [1.807, 2.05) is 39.8 Å². The highest BCUT2D eigenvalue weighted by Gasteiger charge is 2.19. The van der Waals surface area contributed by atoms with Crippen molar-refractivity contribution in [3.63, 3.8) is 0 Å². The van der Waals surface area contributed by atoms with Crippen LogP contribution in [0.1, 0.15) is 41.0 Å². The summed E-state index contributed by atoms with van der Waals surface area (Å²) >= 11 is 0. The second kappa shape index (κ2) is 6.48. The topological polar surface area (TPSA) is 57.8 Å². The fraction of sp³-hybridized carbons (Fsp3) is 0.333. The molecule has 0 bridgehead atoms.